The number of anilines is 1. The third-order valence-electron chi connectivity index (χ3n) is 4.01. The highest BCUT2D eigenvalue weighted by Crippen LogP contribution is 2.29. The van der Waals surface area contributed by atoms with E-state index in [0.29, 0.717) is 41.5 Å². The molecule has 0 bridgehead atoms. The highest BCUT2D eigenvalue weighted by molar-refractivity contribution is 5.98. The Labute approximate surface area is 151 Å². The number of carbonyl (C=O) groups is 2. The fourth-order valence-corrected chi connectivity index (χ4v) is 2.64. The second kappa shape index (κ2) is 7.77. The zero-order chi connectivity index (χ0) is 18.5. The molecule has 0 saturated heterocycles. The maximum absolute atomic E-state index is 12.3. The molecule has 1 atom stereocenters. The van der Waals surface area contributed by atoms with Crippen molar-refractivity contribution in [3.8, 4) is 17.2 Å². The van der Waals surface area contributed by atoms with E-state index in [1.165, 1.54) is 14.2 Å². The highest BCUT2D eigenvalue weighted by atomic mass is 16.5. The number of amides is 2. The molecule has 0 saturated carbocycles. The van der Waals surface area contributed by atoms with Gasteiger partial charge in [-0.25, -0.2) is 0 Å². The second-order valence-electron chi connectivity index (χ2n) is 5.74. The molecule has 0 aromatic heterocycles. The molecule has 3 rings (SSSR count). The molecule has 26 heavy (non-hydrogen) atoms. The van der Waals surface area contributed by atoms with Crippen molar-refractivity contribution in [1.29, 1.82) is 0 Å². The van der Waals surface area contributed by atoms with Crippen LogP contribution in [-0.4, -0.2) is 38.7 Å². The molecule has 1 aliphatic heterocycles. The van der Waals surface area contributed by atoms with Gasteiger partial charge in [-0.1, -0.05) is 12.1 Å². The summed E-state index contributed by atoms with van der Waals surface area (Å²) in [4.78, 5) is 24.4. The first-order valence-corrected chi connectivity index (χ1v) is 8.18. The number of hydrogen-bond donors (Lipinski definition) is 2. The molecule has 7 heteroatoms. The molecule has 2 aromatic rings. The summed E-state index contributed by atoms with van der Waals surface area (Å²) in [5.74, 6) is 1.18. The first-order valence-electron chi connectivity index (χ1n) is 8.18. The maximum Gasteiger partial charge on any atom is 0.265 e. The largest absolute Gasteiger partial charge is 0.497 e. The molecule has 7 nitrogen and oxygen atoms in total. The molecule has 0 fully saturated rings. The summed E-state index contributed by atoms with van der Waals surface area (Å²) in [5.41, 5.74) is 1.07. The molecule has 2 amide bonds. The summed E-state index contributed by atoms with van der Waals surface area (Å²) in [6.45, 7) is 0.290. The van der Waals surface area contributed by atoms with E-state index in [0.717, 1.165) is 0 Å². The zero-order valence-corrected chi connectivity index (χ0v) is 14.6. The number of methoxy groups -OCH3 is 2. The van der Waals surface area contributed by atoms with Gasteiger partial charge >= 0.3 is 0 Å². The Bertz CT molecular complexity index is 799. The lowest BCUT2D eigenvalue weighted by atomic mass is 10.1. The predicted octanol–water partition coefficient (Wildman–Crippen LogP) is 2.22. The van der Waals surface area contributed by atoms with Crippen LogP contribution in [0.1, 0.15) is 16.8 Å². The minimum absolute atomic E-state index is 0.221. The normalized spacial score (nSPS) is 15.3. The van der Waals surface area contributed by atoms with Crippen molar-refractivity contribution in [2.75, 3.05) is 26.1 Å². The van der Waals surface area contributed by atoms with E-state index in [1.54, 1.807) is 30.3 Å². The predicted molar refractivity (Wildman–Crippen MR) is 96.0 cm³/mol. The Morgan fingerprint density at radius 1 is 1.15 bits per heavy atom. The number of nitrogens with one attached hydrogen (secondary N) is 2. The van der Waals surface area contributed by atoms with Crippen molar-refractivity contribution in [1.82, 2.24) is 5.32 Å². The summed E-state index contributed by atoms with van der Waals surface area (Å²) in [5, 5.41) is 5.58. The Hall–Kier alpha value is -3.22. The summed E-state index contributed by atoms with van der Waals surface area (Å²) in [7, 11) is 3.04. The second-order valence-corrected chi connectivity index (χ2v) is 5.74. The van der Waals surface area contributed by atoms with Crippen molar-refractivity contribution < 1.29 is 23.8 Å². The summed E-state index contributed by atoms with van der Waals surface area (Å²) in [6, 6.07) is 12.2. The first-order chi connectivity index (χ1) is 12.6. The highest BCUT2D eigenvalue weighted by Gasteiger charge is 2.27. The zero-order valence-electron chi connectivity index (χ0n) is 14.6. The van der Waals surface area contributed by atoms with E-state index in [-0.39, 0.29) is 11.8 Å². The van der Waals surface area contributed by atoms with Crippen LogP contribution in [0.4, 0.5) is 5.69 Å². The molecule has 1 aliphatic rings. The van der Waals surface area contributed by atoms with Crippen LogP contribution in [0.2, 0.25) is 0 Å². The van der Waals surface area contributed by atoms with E-state index >= 15 is 0 Å². The molecule has 136 valence electrons. The van der Waals surface area contributed by atoms with E-state index in [9.17, 15) is 9.59 Å². The molecular formula is C19H20N2O5. The van der Waals surface area contributed by atoms with Gasteiger partial charge in [0.1, 0.15) is 17.2 Å². The summed E-state index contributed by atoms with van der Waals surface area (Å²) >= 11 is 0. The van der Waals surface area contributed by atoms with Crippen LogP contribution in [0, 0.1) is 0 Å². The number of carbonyl (C=O) groups excluding carboxylic acids is 2. The van der Waals surface area contributed by atoms with Crippen LogP contribution in [0.5, 0.6) is 17.2 Å². The van der Waals surface area contributed by atoms with Gasteiger partial charge in [0.15, 0.2) is 6.10 Å². The van der Waals surface area contributed by atoms with E-state index in [2.05, 4.69) is 10.6 Å². The molecule has 0 spiro atoms. The van der Waals surface area contributed by atoms with Gasteiger partial charge in [-0.15, -0.1) is 0 Å². The minimum atomic E-state index is -0.648. The molecule has 0 aliphatic carbocycles. The Morgan fingerprint density at radius 3 is 2.54 bits per heavy atom. The number of benzene rings is 2. The van der Waals surface area contributed by atoms with Crippen LogP contribution in [0.15, 0.2) is 42.5 Å². The average molecular weight is 356 g/mol. The number of para-hydroxylation sites is 2. The van der Waals surface area contributed by atoms with Gasteiger partial charge in [0, 0.05) is 24.6 Å². The lowest BCUT2D eigenvalue weighted by Gasteiger charge is -2.25. The van der Waals surface area contributed by atoms with E-state index < -0.39 is 6.10 Å². The summed E-state index contributed by atoms with van der Waals surface area (Å²) in [6.07, 6.45) is -0.294. The molecule has 0 radical (unpaired) electrons. The van der Waals surface area contributed by atoms with Gasteiger partial charge in [-0.2, -0.15) is 0 Å². The Kier molecular flexibility index (Phi) is 5.26. The van der Waals surface area contributed by atoms with Crippen molar-refractivity contribution in [2.24, 2.45) is 0 Å². The lowest BCUT2D eigenvalue weighted by Crippen LogP contribution is -2.39. The topological polar surface area (TPSA) is 85.9 Å². The van der Waals surface area contributed by atoms with Crippen LogP contribution in [0.25, 0.3) is 0 Å². The standard InChI is InChI=1S/C19H20N2O5/c1-24-13-9-12(10-14(11-13)25-2)18(22)20-8-7-17-19(23)21-15-5-3-4-6-16(15)26-17/h3-6,9-11,17H,7-8H2,1-2H3,(H,20,22)(H,21,23). The fourth-order valence-electron chi connectivity index (χ4n) is 2.64. The number of hydrogen-bond acceptors (Lipinski definition) is 5. The van der Waals surface area contributed by atoms with Crippen molar-refractivity contribution >= 4 is 17.5 Å². The Balaban J connectivity index is 1.58. The molecule has 2 aromatic carbocycles. The Morgan fingerprint density at radius 2 is 1.85 bits per heavy atom. The average Bonchev–Trinajstić information content (AvgIpc) is 2.67. The number of ether oxygens (including phenoxy) is 3. The van der Waals surface area contributed by atoms with E-state index in [1.807, 2.05) is 12.1 Å². The third-order valence-corrected chi connectivity index (χ3v) is 4.01. The van der Waals surface area contributed by atoms with Crippen LogP contribution in [0.3, 0.4) is 0 Å². The monoisotopic (exact) mass is 356 g/mol. The number of rotatable bonds is 6. The minimum Gasteiger partial charge on any atom is -0.497 e. The van der Waals surface area contributed by atoms with Gasteiger partial charge in [-0.3, -0.25) is 9.59 Å². The van der Waals surface area contributed by atoms with Crippen molar-refractivity contribution in [3.05, 3.63) is 48.0 Å². The van der Waals surface area contributed by atoms with Gasteiger partial charge < -0.3 is 24.8 Å². The van der Waals surface area contributed by atoms with Gasteiger partial charge in [0.25, 0.3) is 11.8 Å². The maximum atomic E-state index is 12.3. The quantitative estimate of drug-likeness (QED) is 0.829. The first kappa shape index (κ1) is 17.6. The van der Waals surface area contributed by atoms with Gasteiger partial charge in [0.05, 0.1) is 19.9 Å². The fraction of sp³-hybridized carbons (Fsp3) is 0.263. The smallest absolute Gasteiger partial charge is 0.265 e. The SMILES string of the molecule is COc1cc(OC)cc(C(=O)NCCC2Oc3ccccc3NC2=O)c1. The van der Waals surface area contributed by atoms with Gasteiger partial charge in [-0.05, 0) is 24.3 Å². The third kappa shape index (κ3) is 3.88. The van der Waals surface area contributed by atoms with Gasteiger partial charge in [0.2, 0.25) is 0 Å². The molecule has 1 heterocycles. The van der Waals surface area contributed by atoms with Crippen LogP contribution in [-0.2, 0) is 4.79 Å². The lowest BCUT2D eigenvalue weighted by molar-refractivity contribution is -0.123. The van der Waals surface area contributed by atoms with Crippen LogP contribution >= 0.6 is 0 Å². The number of fused-ring (bicyclic) bond motifs is 1. The van der Waals surface area contributed by atoms with Crippen molar-refractivity contribution in [2.45, 2.75) is 12.5 Å². The summed E-state index contributed by atoms with van der Waals surface area (Å²) < 4.78 is 16.0. The van der Waals surface area contributed by atoms with Crippen LogP contribution < -0.4 is 24.8 Å². The molecule has 2 N–H and O–H groups in total. The molecule has 1 unspecified atom stereocenters. The molecular weight excluding hydrogens is 336 g/mol. The van der Waals surface area contributed by atoms with E-state index in [4.69, 9.17) is 14.2 Å². The van der Waals surface area contributed by atoms with Crippen molar-refractivity contribution in [3.63, 3.8) is 0 Å².